The number of benzene rings is 1. The molecule has 0 aliphatic rings. The van der Waals surface area contributed by atoms with Gasteiger partial charge in [-0.1, -0.05) is 6.07 Å². The summed E-state index contributed by atoms with van der Waals surface area (Å²) in [5.41, 5.74) is 3.96. The van der Waals surface area contributed by atoms with Gasteiger partial charge in [0, 0.05) is 10.2 Å². The highest BCUT2D eigenvalue weighted by Crippen LogP contribution is 2.26. The summed E-state index contributed by atoms with van der Waals surface area (Å²) in [7, 11) is 0. The van der Waals surface area contributed by atoms with Crippen molar-refractivity contribution < 1.29 is 5.11 Å². The standard InChI is InChI=1S/C13H15BrN2O/c1-8-6-9(2)16(15-8)13-5-4-11(10(3)17)7-12(13)14/h4-7,10,17H,1-3H3/t10-/m0/s1. The fraction of sp³-hybridized carbons (Fsp3) is 0.308. The number of nitrogens with zero attached hydrogens (tertiary/aromatic N) is 2. The zero-order valence-electron chi connectivity index (χ0n) is 10.1. The van der Waals surface area contributed by atoms with Gasteiger partial charge in [-0.3, -0.25) is 0 Å². The van der Waals surface area contributed by atoms with Gasteiger partial charge in [-0.25, -0.2) is 4.68 Å². The Hall–Kier alpha value is -1.13. The maximum Gasteiger partial charge on any atom is 0.0790 e. The van der Waals surface area contributed by atoms with Crippen LogP contribution in [0.2, 0.25) is 0 Å². The third-order valence-corrected chi connectivity index (χ3v) is 3.33. The Balaban J connectivity index is 2.50. The number of aliphatic hydroxyl groups excluding tert-OH is 1. The Labute approximate surface area is 109 Å². The van der Waals surface area contributed by atoms with Crippen LogP contribution in [-0.2, 0) is 0 Å². The summed E-state index contributed by atoms with van der Waals surface area (Å²) in [6, 6.07) is 7.85. The summed E-state index contributed by atoms with van der Waals surface area (Å²) in [6.45, 7) is 5.75. The zero-order valence-corrected chi connectivity index (χ0v) is 11.7. The third-order valence-electron chi connectivity index (χ3n) is 2.69. The van der Waals surface area contributed by atoms with Crippen LogP contribution in [-0.4, -0.2) is 14.9 Å². The van der Waals surface area contributed by atoms with E-state index in [0.717, 1.165) is 27.1 Å². The molecule has 0 saturated heterocycles. The maximum absolute atomic E-state index is 9.53. The molecule has 17 heavy (non-hydrogen) atoms. The molecule has 1 aromatic heterocycles. The number of rotatable bonds is 2. The van der Waals surface area contributed by atoms with Gasteiger partial charge in [-0.15, -0.1) is 0 Å². The van der Waals surface area contributed by atoms with E-state index in [4.69, 9.17) is 0 Å². The quantitative estimate of drug-likeness (QED) is 0.923. The van der Waals surface area contributed by atoms with Crippen LogP contribution in [0.25, 0.3) is 5.69 Å². The highest BCUT2D eigenvalue weighted by Gasteiger charge is 2.09. The van der Waals surface area contributed by atoms with Gasteiger partial charge in [0.1, 0.15) is 0 Å². The number of aryl methyl sites for hydroxylation is 2. The molecular formula is C13H15BrN2O. The molecule has 0 aliphatic carbocycles. The molecule has 1 atom stereocenters. The molecule has 0 fully saturated rings. The molecule has 0 radical (unpaired) electrons. The van der Waals surface area contributed by atoms with Gasteiger partial charge >= 0.3 is 0 Å². The van der Waals surface area contributed by atoms with Gasteiger partial charge in [0.05, 0.1) is 17.5 Å². The van der Waals surface area contributed by atoms with E-state index in [2.05, 4.69) is 21.0 Å². The van der Waals surface area contributed by atoms with E-state index in [1.807, 2.05) is 42.8 Å². The van der Waals surface area contributed by atoms with E-state index in [0.29, 0.717) is 0 Å². The summed E-state index contributed by atoms with van der Waals surface area (Å²) in [5.74, 6) is 0. The molecule has 4 heteroatoms. The van der Waals surface area contributed by atoms with Crippen LogP contribution in [0.4, 0.5) is 0 Å². The van der Waals surface area contributed by atoms with Crippen molar-refractivity contribution in [3.05, 3.63) is 45.7 Å². The van der Waals surface area contributed by atoms with Gasteiger partial charge in [-0.2, -0.15) is 5.10 Å². The van der Waals surface area contributed by atoms with Crippen molar-refractivity contribution in [3.63, 3.8) is 0 Å². The molecule has 2 rings (SSSR count). The summed E-state index contributed by atoms with van der Waals surface area (Å²) in [6.07, 6.45) is -0.458. The molecule has 0 saturated carbocycles. The van der Waals surface area contributed by atoms with Crippen LogP contribution in [0.1, 0.15) is 30.0 Å². The average molecular weight is 295 g/mol. The molecule has 3 nitrogen and oxygen atoms in total. The van der Waals surface area contributed by atoms with E-state index >= 15 is 0 Å². The van der Waals surface area contributed by atoms with Gasteiger partial charge in [0.2, 0.25) is 0 Å². The average Bonchev–Trinajstić information content (AvgIpc) is 2.57. The highest BCUT2D eigenvalue weighted by molar-refractivity contribution is 9.10. The number of hydrogen-bond donors (Lipinski definition) is 1. The Morgan fingerprint density at radius 3 is 2.47 bits per heavy atom. The first kappa shape index (κ1) is 12.3. The van der Waals surface area contributed by atoms with Crippen molar-refractivity contribution in [3.8, 4) is 5.69 Å². The lowest BCUT2D eigenvalue weighted by molar-refractivity contribution is 0.199. The number of hydrogen-bond acceptors (Lipinski definition) is 2. The lowest BCUT2D eigenvalue weighted by Gasteiger charge is -2.10. The Bertz CT molecular complexity index is 546. The topological polar surface area (TPSA) is 38.0 Å². The molecule has 0 bridgehead atoms. The molecular weight excluding hydrogens is 280 g/mol. The smallest absolute Gasteiger partial charge is 0.0790 e. The summed E-state index contributed by atoms with van der Waals surface area (Å²) in [5, 5.41) is 14.0. The minimum Gasteiger partial charge on any atom is -0.389 e. The van der Waals surface area contributed by atoms with Crippen molar-refractivity contribution in [2.75, 3.05) is 0 Å². The van der Waals surface area contributed by atoms with E-state index in [1.54, 1.807) is 6.92 Å². The van der Waals surface area contributed by atoms with Crippen LogP contribution in [0.15, 0.2) is 28.7 Å². The first-order valence-electron chi connectivity index (χ1n) is 5.50. The van der Waals surface area contributed by atoms with E-state index in [9.17, 15) is 5.11 Å². The van der Waals surface area contributed by atoms with E-state index in [1.165, 1.54) is 0 Å². The second kappa shape index (κ2) is 4.63. The SMILES string of the molecule is Cc1cc(C)n(-c2ccc([C@H](C)O)cc2Br)n1. The van der Waals surface area contributed by atoms with E-state index < -0.39 is 6.10 Å². The van der Waals surface area contributed by atoms with Crippen LogP contribution in [0.3, 0.4) is 0 Å². The zero-order chi connectivity index (χ0) is 12.6. The van der Waals surface area contributed by atoms with Gasteiger partial charge in [0.25, 0.3) is 0 Å². The molecule has 0 spiro atoms. The molecule has 1 heterocycles. The van der Waals surface area contributed by atoms with Gasteiger partial charge in [-0.05, 0) is 60.5 Å². The molecule has 0 unspecified atom stereocenters. The monoisotopic (exact) mass is 294 g/mol. The Morgan fingerprint density at radius 1 is 1.29 bits per heavy atom. The summed E-state index contributed by atoms with van der Waals surface area (Å²) in [4.78, 5) is 0. The molecule has 1 aromatic carbocycles. The fourth-order valence-corrected chi connectivity index (χ4v) is 2.39. The summed E-state index contributed by atoms with van der Waals surface area (Å²) >= 11 is 3.52. The first-order valence-corrected chi connectivity index (χ1v) is 6.29. The van der Waals surface area contributed by atoms with Crippen molar-refractivity contribution in [2.24, 2.45) is 0 Å². The third kappa shape index (κ3) is 2.42. The van der Waals surface area contributed by atoms with Crippen molar-refractivity contribution >= 4 is 15.9 Å². The molecule has 0 aliphatic heterocycles. The highest BCUT2D eigenvalue weighted by atomic mass is 79.9. The minimum absolute atomic E-state index is 0.458. The largest absolute Gasteiger partial charge is 0.389 e. The second-order valence-corrected chi connectivity index (χ2v) is 5.08. The van der Waals surface area contributed by atoms with Crippen molar-refractivity contribution in [2.45, 2.75) is 26.9 Å². The Kier molecular flexibility index (Phi) is 3.35. The van der Waals surface area contributed by atoms with E-state index in [-0.39, 0.29) is 0 Å². The van der Waals surface area contributed by atoms with Crippen molar-refractivity contribution in [1.29, 1.82) is 0 Å². The second-order valence-electron chi connectivity index (χ2n) is 4.23. The van der Waals surface area contributed by atoms with Crippen LogP contribution in [0, 0.1) is 13.8 Å². The molecule has 90 valence electrons. The Morgan fingerprint density at radius 2 is 2.00 bits per heavy atom. The van der Waals surface area contributed by atoms with Gasteiger partial charge in [0.15, 0.2) is 0 Å². The van der Waals surface area contributed by atoms with Crippen molar-refractivity contribution in [1.82, 2.24) is 9.78 Å². The predicted octanol–water partition coefficient (Wildman–Crippen LogP) is 3.30. The number of aliphatic hydroxyl groups is 1. The van der Waals surface area contributed by atoms with Crippen LogP contribution in [0.5, 0.6) is 0 Å². The predicted molar refractivity (Wildman–Crippen MR) is 71.4 cm³/mol. The van der Waals surface area contributed by atoms with Gasteiger partial charge < -0.3 is 5.11 Å². The normalized spacial score (nSPS) is 12.8. The maximum atomic E-state index is 9.53. The number of aromatic nitrogens is 2. The molecule has 1 N–H and O–H groups in total. The molecule has 2 aromatic rings. The first-order chi connectivity index (χ1) is 7.99. The summed E-state index contributed by atoms with van der Waals surface area (Å²) < 4.78 is 2.83. The molecule has 0 amide bonds. The lowest BCUT2D eigenvalue weighted by Crippen LogP contribution is -2.01. The van der Waals surface area contributed by atoms with Crippen LogP contribution < -0.4 is 0 Å². The van der Waals surface area contributed by atoms with Crippen LogP contribution >= 0.6 is 15.9 Å². The number of halogens is 1. The lowest BCUT2D eigenvalue weighted by atomic mass is 10.1. The fourth-order valence-electron chi connectivity index (χ4n) is 1.83. The minimum atomic E-state index is -0.458.